The normalized spacial score (nSPS) is 10.7. The lowest BCUT2D eigenvalue weighted by molar-refractivity contribution is 0.0699. The summed E-state index contributed by atoms with van der Waals surface area (Å²) in [6, 6.07) is 24.4. The van der Waals surface area contributed by atoms with E-state index >= 15 is 0 Å². The van der Waals surface area contributed by atoms with E-state index < -0.39 is 16.1 Å². The maximum Gasteiger partial charge on any atom is 0.336 e. The summed E-state index contributed by atoms with van der Waals surface area (Å²) >= 11 is 0. The minimum Gasteiger partial charge on any atom is -0.478 e. The number of carboxylic acid groups (broad SMARTS) is 1. The van der Waals surface area contributed by atoms with Gasteiger partial charge in [0.2, 0.25) is 0 Å². The number of carbonyl (C=O) groups excluding carboxylic acids is 1. The first-order chi connectivity index (χ1) is 17.0. The predicted molar refractivity (Wildman–Crippen MR) is 139 cm³/mol. The van der Waals surface area contributed by atoms with Gasteiger partial charge in [-0.2, -0.15) is 8.42 Å². The molecule has 36 heavy (non-hydrogen) atoms. The summed E-state index contributed by atoms with van der Waals surface area (Å²) in [5, 5.41) is 21.6. The zero-order valence-electron chi connectivity index (χ0n) is 19.1. The third-order valence-electron chi connectivity index (χ3n) is 5.06. The molecule has 0 aromatic heterocycles. The van der Waals surface area contributed by atoms with E-state index in [0.29, 0.717) is 39.6 Å². The zero-order valence-corrected chi connectivity index (χ0v) is 19.9. The first-order valence-electron chi connectivity index (χ1n) is 10.5. The van der Waals surface area contributed by atoms with Crippen LogP contribution in [0.5, 0.6) is 0 Å². The molecule has 9 nitrogen and oxygen atoms in total. The van der Waals surface area contributed by atoms with Crippen LogP contribution in [-0.2, 0) is 10.1 Å². The van der Waals surface area contributed by atoms with E-state index in [0.717, 1.165) is 5.39 Å². The van der Waals surface area contributed by atoms with Crippen LogP contribution in [0.25, 0.3) is 21.9 Å². The van der Waals surface area contributed by atoms with E-state index in [1.165, 1.54) is 0 Å². The molecule has 10 heteroatoms. The van der Waals surface area contributed by atoms with Crippen LogP contribution in [0.1, 0.15) is 26.3 Å². The number of rotatable bonds is 5. The van der Waals surface area contributed by atoms with Crippen molar-refractivity contribution in [1.82, 2.24) is 0 Å². The highest BCUT2D eigenvalue weighted by Gasteiger charge is 2.20. The lowest BCUT2D eigenvalue weighted by Gasteiger charge is -2.14. The maximum absolute atomic E-state index is 13.0. The molecule has 0 atom stereocenters. The van der Waals surface area contributed by atoms with E-state index in [1.807, 2.05) is 18.2 Å². The minimum absolute atomic E-state index is 0.0549. The van der Waals surface area contributed by atoms with Crippen LogP contribution in [0.15, 0.2) is 84.9 Å². The number of carbonyl (C=O) groups is 2. The predicted octanol–water partition coefficient (Wildman–Crippen LogP) is 4.25. The monoisotopic (exact) mass is 505 g/mol. The van der Waals surface area contributed by atoms with Crippen molar-refractivity contribution in [2.75, 3.05) is 11.6 Å². The smallest absolute Gasteiger partial charge is 0.336 e. The molecule has 6 N–H and O–H groups in total. The molecule has 4 aromatic carbocycles. The van der Waals surface area contributed by atoms with Gasteiger partial charge in [0.1, 0.15) is 5.84 Å². The molecule has 0 saturated carbocycles. The number of amidine groups is 1. The molecule has 0 spiro atoms. The first-order valence-corrected chi connectivity index (χ1v) is 12.3. The third-order valence-corrected chi connectivity index (χ3v) is 5.06. The van der Waals surface area contributed by atoms with E-state index in [-0.39, 0.29) is 17.3 Å². The number of hydrogen-bond acceptors (Lipinski definition) is 5. The molecule has 0 heterocycles. The Kier molecular flexibility index (Phi) is 7.83. The second-order valence-electron chi connectivity index (χ2n) is 7.74. The fourth-order valence-corrected chi connectivity index (χ4v) is 3.57. The Hall–Kier alpha value is -4.54. The molecule has 0 aliphatic heterocycles. The Morgan fingerprint density at radius 3 is 2.06 bits per heavy atom. The van der Waals surface area contributed by atoms with Crippen molar-refractivity contribution < 1.29 is 27.7 Å². The molecule has 0 saturated heterocycles. The average molecular weight is 506 g/mol. The standard InChI is InChI=1S/C25H19N3O3.CH4O3S/c26-23(27)16-9-12-17(13-10-16)28-24(29)21-8-4-3-7-19(21)20-14-11-15-5-1-2-6-18(15)22(20)25(30)31;1-5(2,3)4/h1-14H,(H3,26,27)(H,28,29)(H,30,31);1H3,(H,2,3,4). The Balaban J connectivity index is 0.000000658. The molecule has 4 aromatic rings. The Bertz CT molecular complexity index is 1560. The fourth-order valence-electron chi connectivity index (χ4n) is 3.57. The number of benzene rings is 4. The Morgan fingerprint density at radius 1 is 0.861 bits per heavy atom. The van der Waals surface area contributed by atoms with Crippen molar-refractivity contribution in [2.24, 2.45) is 5.73 Å². The first kappa shape index (κ1) is 26.1. The number of anilines is 1. The second kappa shape index (κ2) is 10.8. The van der Waals surface area contributed by atoms with Crippen LogP contribution in [0.4, 0.5) is 5.69 Å². The van der Waals surface area contributed by atoms with Gasteiger partial charge in [-0.25, -0.2) is 4.79 Å². The van der Waals surface area contributed by atoms with Crippen molar-refractivity contribution >= 4 is 44.3 Å². The highest BCUT2D eigenvalue weighted by atomic mass is 32.2. The molecular weight excluding hydrogens is 482 g/mol. The van der Waals surface area contributed by atoms with Gasteiger partial charge in [0.25, 0.3) is 16.0 Å². The summed E-state index contributed by atoms with van der Waals surface area (Å²) in [6.07, 6.45) is 0.715. The molecule has 1 amide bonds. The van der Waals surface area contributed by atoms with Crippen LogP contribution in [0.3, 0.4) is 0 Å². The number of fused-ring (bicyclic) bond motifs is 1. The van der Waals surface area contributed by atoms with E-state index in [9.17, 15) is 23.1 Å². The van der Waals surface area contributed by atoms with Crippen LogP contribution >= 0.6 is 0 Å². The van der Waals surface area contributed by atoms with Crippen molar-refractivity contribution in [1.29, 1.82) is 5.41 Å². The topological polar surface area (TPSA) is 171 Å². The van der Waals surface area contributed by atoms with Crippen LogP contribution < -0.4 is 11.1 Å². The Morgan fingerprint density at radius 2 is 1.44 bits per heavy atom. The van der Waals surface area contributed by atoms with Gasteiger partial charge in [-0.15, -0.1) is 0 Å². The van der Waals surface area contributed by atoms with Gasteiger partial charge in [-0.3, -0.25) is 14.8 Å². The number of nitrogens with one attached hydrogen (secondary N) is 2. The lowest BCUT2D eigenvalue weighted by atomic mass is 9.91. The molecule has 0 unspecified atom stereocenters. The third kappa shape index (κ3) is 6.53. The van der Waals surface area contributed by atoms with Gasteiger partial charge in [0.05, 0.1) is 11.8 Å². The van der Waals surface area contributed by atoms with Crippen molar-refractivity contribution in [3.05, 3.63) is 102 Å². The summed E-state index contributed by atoms with van der Waals surface area (Å²) in [4.78, 5) is 25.2. The highest BCUT2D eigenvalue weighted by Crippen LogP contribution is 2.33. The van der Waals surface area contributed by atoms with Gasteiger partial charge in [0, 0.05) is 16.8 Å². The number of nitrogens with two attached hydrogens (primary N) is 1. The molecule has 0 aliphatic rings. The van der Waals surface area contributed by atoms with Crippen molar-refractivity contribution in [2.45, 2.75) is 0 Å². The van der Waals surface area contributed by atoms with Crippen molar-refractivity contribution in [3.8, 4) is 11.1 Å². The van der Waals surface area contributed by atoms with Crippen LogP contribution in [-0.4, -0.2) is 42.0 Å². The average Bonchev–Trinajstić information content (AvgIpc) is 2.82. The lowest BCUT2D eigenvalue weighted by Crippen LogP contribution is -2.14. The van der Waals surface area contributed by atoms with Gasteiger partial charge >= 0.3 is 5.97 Å². The summed E-state index contributed by atoms with van der Waals surface area (Å²) < 4.78 is 25.9. The molecular formula is C26H23N3O6S. The number of aromatic carboxylic acids is 1. The van der Waals surface area contributed by atoms with Gasteiger partial charge in [0.15, 0.2) is 0 Å². The quantitative estimate of drug-likeness (QED) is 0.153. The summed E-state index contributed by atoms with van der Waals surface area (Å²) in [6.45, 7) is 0. The number of hydrogen-bond donors (Lipinski definition) is 5. The SMILES string of the molecule is CS(=O)(=O)O.N=C(N)c1ccc(NC(=O)c2ccccc2-c2ccc3ccccc3c2C(=O)O)cc1. The summed E-state index contributed by atoms with van der Waals surface area (Å²) in [7, 11) is -3.67. The molecule has 4 rings (SSSR count). The van der Waals surface area contributed by atoms with Gasteiger partial charge in [-0.05, 0) is 52.2 Å². The Labute approximate surface area is 207 Å². The van der Waals surface area contributed by atoms with E-state index in [1.54, 1.807) is 66.7 Å². The molecule has 0 aliphatic carbocycles. The van der Waals surface area contributed by atoms with Gasteiger partial charge < -0.3 is 16.2 Å². The molecule has 0 fully saturated rings. The molecule has 184 valence electrons. The van der Waals surface area contributed by atoms with E-state index in [2.05, 4.69) is 5.32 Å². The number of amides is 1. The van der Waals surface area contributed by atoms with Gasteiger partial charge in [-0.1, -0.05) is 54.6 Å². The van der Waals surface area contributed by atoms with E-state index in [4.69, 9.17) is 15.7 Å². The van der Waals surface area contributed by atoms with Crippen LogP contribution in [0, 0.1) is 5.41 Å². The summed E-state index contributed by atoms with van der Waals surface area (Å²) in [5.41, 5.74) is 8.09. The maximum atomic E-state index is 13.0. The van der Waals surface area contributed by atoms with Crippen molar-refractivity contribution in [3.63, 3.8) is 0 Å². The molecule has 0 radical (unpaired) electrons. The fraction of sp³-hybridized carbons (Fsp3) is 0.0385. The largest absolute Gasteiger partial charge is 0.478 e. The molecule has 0 bridgehead atoms. The number of nitrogen functional groups attached to an aromatic ring is 1. The summed E-state index contributed by atoms with van der Waals surface area (Å²) in [5.74, 6) is -1.47. The highest BCUT2D eigenvalue weighted by molar-refractivity contribution is 7.85. The zero-order chi connectivity index (χ0) is 26.5. The minimum atomic E-state index is -3.67. The second-order valence-corrected chi connectivity index (χ2v) is 9.20. The van der Waals surface area contributed by atoms with Crippen LogP contribution in [0.2, 0.25) is 0 Å². The number of carboxylic acids is 1.